The lowest BCUT2D eigenvalue weighted by molar-refractivity contribution is -0.141. The Bertz CT molecular complexity index is 909. The highest BCUT2D eigenvalue weighted by atomic mass is 32.2. The summed E-state index contributed by atoms with van der Waals surface area (Å²) in [6.07, 6.45) is 2.10. The summed E-state index contributed by atoms with van der Waals surface area (Å²) >= 11 is 1.05. The van der Waals surface area contributed by atoms with Crippen molar-refractivity contribution in [3.05, 3.63) is 29.8 Å². The Morgan fingerprint density at radius 3 is 1.92 bits per heavy atom. The maximum Gasteiger partial charge on any atom is 0.317 e. The van der Waals surface area contributed by atoms with Gasteiger partial charge in [-0.25, -0.2) is 0 Å². The minimum absolute atomic E-state index is 0.198. The summed E-state index contributed by atoms with van der Waals surface area (Å²) in [5.74, 6) is -1.97. The van der Waals surface area contributed by atoms with Crippen LogP contribution in [0.4, 0.5) is 0 Å². The van der Waals surface area contributed by atoms with Gasteiger partial charge in [0, 0.05) is 56.8 Å². The molecule has 1 aromatic rings. The van der Waals surface area contributed by atoms with Gasteiger partial charge in [-0.05, 0) is 35.9 Å². The van der Waals surface area contributed by atoms with E-state index in [1.54, 1.807) is 4.90 Å². The molecule has 36 heavy (non-hydrogen) atoms. The zero-order valence-electron chi connectivity index (χ0n) is 20.2. The number of nitrogens with zero attached hydrogens (tertiary/aromatic N) is 5. The fourth-order valence-electron chi connectivity index (χ4n) is 4.25. The Kier molecular flexibility index (Phi) is 13.1. The lowest BCUT2D eigenvalue weighted by Gasteiger charge is -2.37. The van der Waals surface area contributed by atoms with E-state index in [0.717, 1.165) is 34.8 Å². The van der Waals surface area contributed by atoms with Crippen molar-refractivity contribution in [1.82, 2.24) is 19.6 Å². The van der Waals surface area contributed by atoms with Crippen molar-refractivity contribution in [2.75, 3.05) is 72.0 Å². The molecular formula is C24H33N5O6S. The number of nitriles is 1. The van der Waals surface area contributed by atoms with Gasteiger partial charge in [0.05, 0.1) is 26.2 Å². The minimum atomic E-state index is -0.989. The van der Waals surface area contributed by atoms with Crippen LogP contribution in [-0.2, 0) is 25.6 Å². The number of aldehydes is 2. The molecule has 0 bridgehead atoms. The maximum atomic E-state index is 11.7. The molecule has 0 aliphatic carbocycles. The van der Waals surface area contributed by atoms with Crippen LogP contribution in [0.1, 0.15) is 5.56 Å². The number of hydrogen-bond acceptors (Lipinski definition) is 10. The monoisotopic (exact) mass is 519 g/mol. The molecule has 0 aromatic heterocycles. The number of aliphatic carboxylic acids is 2. The first-order valence-electron chi connectivity index (χ1n) is 11.7. The molecular weight excluding hydrogens is 486 g/mol. The molecule has 1 aliphatic heterocycles. The number of hydrogen-bond donors (Lipinski definition) is 2. The lowest BCUT2D eigenvalue weighted by Crippen LogP contribution is -2.53. The van der Waals surface area contributed by atoms with Crippen LogP contribution in [0.15, 0.2) is 29.2 Å². The molecule has 1 fully saturated rings. The summed E-state index contributed by atoms with van der Waals surface area (Å²) in [5, 5.41) is 30.0. The molecule has 2 rings (SSSR count). The van der Waals surface area contributed by atoms with E-state index in [-0.39, 0.29) is 32.2 Å². The number of carbonyl (C=O) groups excluding carboxylic acids is 2. The third-order valence-electron chi connectivity index (χ3n) is 6.07. The quantitative estimate of drug-likeness (QED) is 0.230. The molecule has 0 saturated carbocycles. The van der Waals surface area contributed by atoms with Crippen LogP contribution in [0, 0.1) is 10.7 Å². The Balaban J connectivity index is 2.36. The van der Waals surface area contributed by atoms with Gasteiger partial charge in [-0.15, -0.1) is 0 Å². The first-order chi connectivity index (χ1) is 17.3. The van der Waals surface area contributed by atoms with Gasteiger partial charge in [0.2, 0.25) is 0 Å². The zero-order chi connectivity index (χ0) is 26.3. The van der Waals surface area contributed by atoms with Gasteiger partial charge in [-0.2, -0.15) is 5.26 Å². The SMILES string of the molecule is N#CSc1ccc(CC2CN(CC(=O)O)CCN(CC=O)CCN(CC=O)CCN2CC(=O)O)cc1. The van der Waals surface area contributed by atoms with E-state index in [9.17, 15) is 29.4 Å². The van der Waals surface area contributed by atoms with Gasteiger partial charge in [-0.1, -0.05) is 12.1 Å². The van der Waals surface area contributed by atoms with E-state index >= 15 is 0 Å². The molecule has 0 amide bonds. The summed E-state index contributed by atoms with van der Waals surface area (Å²) < 4.78 is 0. The Morgan fingerprint density at radius 1 is 0.889 bits per heavy atom. The molecule has 2 N–H and O–H groups in total. The predicted octanol–water partition coefficient (Wildman–Crippen LogP) is -0.0405. The van der Waals surface area contributed by atoms with Crippen molar-refractivity contribution in [1.29, 1.82) is 5.26 Å². The highest BCUT2D eigenvalue weighted by Gasteiger charge is 2.26. The molecule has 11 nitrogen and oxygen atoms in total. The average molecular weight is 520 g/mol. The van der Waals surface area contributed by atoms with Crippen molar-refractivity contribution in [3.63, 3.8) is 0 Å². The standard InChI is InChI=1S/C24H33N5O6S/c25-19-36-22-3-1-20(2-4-22)15-21-16-28(17-23(32)33)8-7-26(11-13-30)5-6-27(12-14-31)9-10-29(21)18-24(34)35/h1-4,13-14,21H,5-12,15-18H2,(H,32,33)(H,34,35). The van der Waals surface area contributed by atoms with Crippen molar-refractivity contribution in [2.45, 2.75) is 17.4 Å². The normalized spacial score (nSPS) is 19.5. The average Bonchev–Trinajstić information content (AvgIpc) is 2.82. The van der Waals surface area contributed by atoms with Crippen LogP contribution in [0.25, 0.3) is 0 Å². The van der Waals surface area contributed by atoms with E-state index < -0.39 is 11.9 Å². The van der Waals surface area contributed by atoms with E-state index in [2.05, 4.69) is 0 Å². The summed E-state index contributed by atoms with van der Waals surface area (Å²) in [6.45, 7) is 3.03. The Hall–Kier alpha value is -2.82. The number of thiocyanates is 1. The van der Waals surface area contributed by atoms with E-state index in [0.29, 0.717) is 52.2 Å². The van der Waals surface area contributed by atoms with Gasteiger partial charge in [0.1, 0.15) is 18.0 Å². The number of benzene rings is 1. The van der Waals surface area contributed by atoms with E-state index in [1.165, 1.54) is 0 Å². The third-order valence-corrected chi connectivity index (χ3v) is 6.67. The number of carbonyl (C=O) groups is 4. The van der Waals surface area contributed by atoms with Crippen LogP contribution in [0.3, 0.4) is 0 Å². The lowest BCUT2D eigenvalue weighted by atomic mass is 10.0. The number of carboxylic acid groups (broad SMARTS) is 2. The number of carboxylic acids is 2. The second-order valence-corrected chi connectivity index (χ2v) is 9.48. The number of rotatable bonds is 11. The predicted molar refractivity (Wildman–Crippen MR) is 134 cm³/mol. The van der Waals surface area contributed by atoms with E-state index in [1.807, 2.05) is 44.4 Å². The fraction of sp³-hybridized carbons (Fsp3) is 0.542. The highest BCUT2D eigenvalue weighted by molar-refractivity contribution is 8.03. The summed E-state index contributed by atoms with van der Waals surface area (Å²) in [5.41, 5.74) is 0.937. The molecule has 1 aliphatic rings. The van der Waals surface area contributed by atoms with Crippen molar-refractivity contribution in [3.8, 4) is 5.40 Å². The van der Waals surface area contributed by atoms with Crippen molar-refractivity contribution >= 4 is 36.3 Å². The van der Waals surface area contributed by atoms with Gasteiger partial charge < -0.3 is 19.8 Å². The summed E-state index contributed by atoms with van der Waals surface area (Å²) in [4.78, 5) is 54.0. The largest absolute Gasteiger partial charge is 0.480 e. The first-order valence-corrected chi connectivity index (χ1v) is 12.5. The Labute approximate surface area is 215 Å². The van der Waals surface area contributed by atoms with E-state index in [4.69, 9.17) is 5.26 Å². The molecule has 1 aromatic carbocycles. The van der Waals surface area contributed by atoms with Crippen LogP contribution in [0.2, 0.25) is 0 Å². The fourth-order valence-corrected chi connectivity index (χ4v) is 4.63. The first kappa shape index (κ1) is 29.4. The van der Waals surface area contributed by atoms with Crippen molar-refractivity contribution in [2.24, 2.45) is 0 Å². The summed E-state index contributed by atoms with van der Waals surface area (Å²) in [6, 6.07) is 7.13. The van der Waals surface area contributed by atoms with Gasteiger partial charge in [0.25, 0.3) is 0 Å². The van der Waals surface area contributed by atoms with Gasteiger partial charge in [0.15, 0.2) is 0 Å². The second-order valence-electron chi connectivity index (χ2n) is 8.62. The summed E-state index contributed by atoms with van der Waals surface area (Å²) in [7, 11) is 0. The molecule has 1 saturated heterocycles. The molecule has 1 unspecified atom stereocenters. The molecule has 0 spiro atoms. The molecule has 12 heteroatoms. The second kappa shape index (κ2) is 16.0. The minimum Gasteiger partial charge on any atom is -0.480 e. The molecule has 196 valence electrons. The maximum absolute atomic E-state index is 11.7. The third kappa shape index (κ3) is 10.8. The molecule has 1 atom stereocenters. The van der Waals surface area contributed by atoms with Crippen LogP contribution in [-0.4, -0.2) is 132 Å². The highest BCUT2D eigenvalue weighted by Crippen LogP contribution is 2.19. The van der Waals surface area contributed by atoms with Crippen LogP contribution in [0.5, 0.6) is 0 Å². The Morgan fingerprint density at radius 2 is 1.42 bits per heavy atom. The van der Waals surface area contributed by atoms with Gasteiger partial charge in [-0.3, -0.25) is 29.2 Å². The zero-order valence-corrected chi connectivity index (χ0v) is 21.0. The van der Waals surface area contributed by atoms with Crippen LogP contribution < -0.4 is 0 Å². The van der Waals surface area contributed by atoms with Crippen molar-refractivity contribution < 1.29 is 29.4 Å². The molecule has 0 radical (unpaired) electrons. The topological polar surface area (TPSA) is 145 Å². The number of thioether (sulfide) groups is 1. The van der Waals surface area contributed by atoms with Crippen LogP contribution >= 0.6 is 11.8 Å². The smallest absolute Gasteiger partial charge is 0.317 e. The molecule has 1 heterocycles. The van der Waals surface area contributed by atoms with Gasteiger partial charge >= 0.3 is 11.9 Å².